The molecule has 1 aliphatic rings. The number of phosphoric acid groups is 1. The molecule has 1 saturated heterocycles. The summed E-state index contributed by atoms with van der Waals surface area (Å²) in [6.45, 7) is 0.223. The molecule has 0 bridgehead atoms. The molecule has 0 aliphatic carbocycles. The molecular formula is C11H15N2O14P3-4. The largest absolute Gasteiger partial charge is 0.810 e. The Morgan fingerprint density at radius 2 is 1.77 bits per heavy atom. The van der Waals surface area contributed by atoms with Gasteiger partial charge in [0.2, 0.25) is 0 Å². The van der Waals surface area contributed by atoms with E-state index in [1.165, 1.54) is 6.92 Å². The van der Waals surface area contributed by atoms with Gasteiger partial charge in [0.15, 0.2) is 6.23 Å². The maximum Gasteiger partial charge on any atom is 0.330 e. The summed E-state index contributed by atoms with van der Waals surface area (Å²) in [7, 11) is -17.1. The SMILES string of the molecule is Cc1cn([C@@H]2O[C@H](COP(=O)([O-])OP(=O)([O-])CP(=O)([O-])[O-])[C@@H](O)[C@H]2O)c(=O)[nH]c1=O. The number of aromatic amines is 1. The second kappa shape index (κ2) is 8.87. The summed E-state index contributed by atoms with van der Waals surface area (Å²) in [6, 6.07) is 0. The van der Waals surface area contributed by atoms with Gasteiger partial charge in [-0.1, -0.05) is 7.60 Å². The van der Waals surface area contributed by atoms with Crippen LogP contribution in [0.15, 0.2) is 15.8 Å². The first kappa shape index (κ1) is 25.3. The minimum Gasteiger partial charge on any atom is -0.810 e. The van der Waals surface area contributed by atoms with Gasteiger partial charge in [-0.25, -0.2) is 4.79 Å². The zero-order chi connectivity index (χ0) is 23.1. The number of aryl methyl sites for hydroxylation is 1. The predicted octanol–water partition coefficient (Wildman–Crippen LogP) is -4.61. The number of phosphoric ester groups is 1. The van der Waals surface area contributed by atoms with Crippen molar-refractivity contribution in [2.75, 3.05) is 12.5 Å². The van der Waals surface area contributed by atoms with E-state index in [4.69, 9.17) is 4.74 Å². The fraction of sp³-hybridized carbons (Fsp3) is 0.636. The highest BCUT2D eigenvalue weighted by Gasteiger charge is 2.44. The van der Waals surface area contributed by atoms with E-state index in [0.29, 0.717) is 0 Å². The number of nitrogens with one attached hydrogen (secondary N) is 1. The van der Waals surface area contributed by atoms with Crippen molar-refractivity contribution in [3.05, 3.63) is 32.6 Å². The van der Waals surface area contributed by atoms with Crippen LogP contribution in [-0.2, 0) is 27.3 Å². The Balaban J connectivity index is 2.09. The van der Waals surface area contributed by atoms with E-state index in [0.717, 1.165) is 10.8 Å². The quantitative estimate of drug-likeness (QED) is 0.288. The Kier molecular flexibility index (Phi) is 7.47. The number of rotatable bonds is 8. The van der Waals surface area contributed by atoms with Crippen molar-refractivity contribution in [3.8, 4) is 0 Å². The molecule has 3 N–H and O–H groups in total. The smallest absolute Gasteiger partial charge is 0.330 e. The van der Waals surface area contributed by atoms with E-state index >= 15 is 0 Å². The van der Waals surface area contributed by atoms with Crippen LogP contribution in [0.3, 0.4) is 0 Å². The lowest BCUT2D eigenvalue weighted by atomic mass is 10.1. The lowest BCUT2D eigenvalue weighted by Crippen LogP contribution is -2.38. The standard InChI is InChI=1S/C11H19N2O14P3/c1-5-2-13(11(17)12-9(5)16)10-8(15)7(14)6(26-10)3-25-30(23,24)27-29(21,22)4-28(18,19)20/h2,6-8,10,14-15H,3-4H2,1H3,(H,21,22)(H,23,24)(H,12,16,17)(H2,18,19,20)/p-4/t6-,7-,8-,10-/m1/s1. The molecule has 19 heteroatoms. The second-order valence-electron chi connectivity index (χ2n) is 6.21. The maximum atomic E-state index is 11.9. The van der Waals surface area contributed by atoms with Crippen LogP contribution in [0.5, 0.6) is 0 Å². The van der Waals surface area contributed by atoms with Crippen molar-refractivity contribution in [2.45, 2.75) is 31.5 Å². The molecule has 172 valence electrons. The molecule has 2 unspecified atom stereocenters. The van der Waals surface area contributed by atoms with E-state index in [1.54, 1.807) is 0 Å². The number of aliphatic hydroxyl groups is 2. The van der Waals surface area contributed by atoms with Gasteiger partial charge >= 0.3 is 5.69 Å². The third-order valence-corrected chi connectivity index (χ3v) is 8.76. The highest BCUT2D eigenvalue weighted by atomic mass is 31.3. The summed E-state index contributed by atoms with van der Waals surface area (Å²) in [4.78, 5) is 69.1. The number of H-pyrrole nitrogens is 1. The minimum atomic E-state index is -5.73. The normalized spacial score (nSPS) is 28.8. The molecule has 1 aliphatic heterocycles. The van der Waals surface area contributed by atoms with E-state index in [-0.39, 0.29) is 5.56 Å². The zero-order valence-corrected chi connectivity index (χ0v) is 17.6. The summed E-state index contributed by atoms with van der Waals surface area (Å²) in [5, 5.41) is 20.0. The number of ether oxygens (including phenoxy) is 1. The summed E-state index contributed by atoms with van der Waals surface area (Å²) in [5.41, 5.74) is -1.66. The van der Waals surface area contributed by atoms with Gasteiger partial charge in [-0.2, -0.15) is 0 Å². The molecular weight excluding hydrogens is 477 g/mol. The molecule has 0 aromatic carbocycles. The Bertz CT molecular complexity index is 1040. The van der Waals surface area contributed by atoms with Crippen molar-refractivity contribution < 1.29 is 57.1 Å². The predicted molar refractivity (Wildman–Crippen MR) is 86.7 cm³/mol. The Morgan fingerprint density at radius 1 is 1.17 bits per heavy atom. The van der Waals surface area contributed by atoms with Gasteiger partial charge in [-0.05, 0) is 6.92 Å². The molecule has 0 saturated carbocycles. The lowest BCUT2D eigenvalue weighted by Gasteiger charge is -2.38. The molecule has 16 nitrogen and oxygen atoms in total. The van der Waals surface area contributed by atoms with Crippen LogP contribution in [0.4, 0.5) is 0 Å². The van der Waals surface area contributed by atoms with Crippen molar-refractivity contribution in [3.63, 3.8) is 0 Å². The fourth-order valence-corrected chi connectivity index (χ4v) is 6.56. The zero-order valence-electron chi connectivity index (χ0n) is 14.9. The van der Waals surface area contributed by atoms with Gasteiger partial charge < -0.3 is 48.2 Å². The molecule has 1 aromatic rings. The van der Waals surface area contributed by atoms with E-state index in [1.807, 2.05) is 4.98 Å². The number of hydrogen-bond acceptors (Lipinski definition) is 14. The number of aromatic nitrogens is 2. The van der Waals surface area contributed by atoms with Gasteiger partial charge in [0.25, 0.3) is 13.4 Å². The van der Waals surface area contributed by atoms with Crippen molar-refractivity contribution in [2.24, 2.45) is 0 Å². The average Bonchev–Trinajstić information content (AvgIpc) is 2.81. The van der Waals surface area contributed by atoms with Crippen LogP contribution < -0.4 is 30.8 Å². The fourth-order valence-electron chi connectivity index (χ4n) is 2.45. The molecule has 2 heterocycles. The third-order valence-electron chi connectivity index (χ3n) is 3.72. The first-order chi connectivity index (χ1) is 13.5. The van der Waals surface area contributed by atoms with Crippen LogP contribution in [0.1, 0.15) is 11.8 Å². The number of hydrogen-bond donors (Lipinski definition) is 3. The van der Waals surface area contributed by atoms with E-state index in [9.17, 15) is 53.1 Å². The first-order valence-electron chi connectivity index (χ1n) is 7.83. The Morgan fingerprint density at radius 3 is 2.33 bits per heavy atom. The molecule has 1 fully saturated rings. The molecule has 2 rings (SSSR count). The second-order valence-corrected chi connectivity index (χ2v) is 11.6. The van der Waals surface area contributed by atoms with Gasteiger partial charge in [0, 0.05) is 17.7 Å². The summed E-state index contributed by atoms with van der Waals surface area (Å²) >= 11 is 0. The van der Waals surface area contributed by atoms with E-state index < -0.39 is 71.3 Å². The number of aliphatic hydroxyl groups excluding tert-OH is 2. The van der Waals surface area contributed by atoms with Gasteiger partial charge in [0.05, 0.1) is 6.61 Å². The van der Waals surface area contributed by atoms with Gasteiger partial charge in [0.1, 0.15) is 25.9 Å². The topological polar surface area (TPSA) is 266 Å². The molecule has 0 spiro atoms. The maximum absolute atomic E-state index is 11.9. The van der Waals surface area contributed by atoms with Crippen molar-refractivity contribution in [1.29, 1.82) is 0 Å². The first-order valence-corrected chi connectivity index (χ1v) is 12.7. The highest BCUT2D eigenvalue weighted by molar-refractivity contribution is 7.71. The average molecular weight is 492 g/mol. The van der Waals surface area contributed by atoms with Crippen LogP contribution in [0.25, 0.3) is 0 Å². The Labute approximate surface area is 167 Å². The third kappa shape index (κ3) is 6.50. The summed E-state index contributed by atoms with van der Waals surface area (Å²) < 4.78 is 47.1. The lowest BCUT2D eigenvalue weighted by molar-refractivity contribution is -0.312. The summed E-state index contributed by atoms with van der Waals surface area (Å²) in [6.07, 6.45) is -5.78. The minimum absolute atomic E-state index is 0.0530. The van der Waals surface area contributed by atoms with Gasteiger partial charge in [-0.15, -0.1) is 0 Å². The van der Waals surface area contributed by atoms with Crippen molar-refractivity contribution in [1.82, 2.24) is 9.55 Å². The van der Waals surface area contributed by atoms with Crippen LogP contribution in [0.2, 0.25) is 0 Å². The molecule has 1 aromatic heterocycles. The molecule has 6 atom stereocenters. The van der Waals surface area contributed by atoms with Crippen LogP contribution >= 0.6 is 23.0 Å². The molecule has 30 heavy (non-hydrogen) atoms. The van der Waals surface area contributed by atoms with E-state index in [2.05, 4.69) is 8.83 Å². The molecule has 0 amide bonds. The van der Waals surface area contributed by atoms with Crippen molar-refractivity contribution >= 4 is 23.0 Å². The Hall–Kier alpha value is -0.990. The van der Waals surface area contributed by atoms with Gasteiger partial charge in [-0.3, -0.25) is 23.2 Å². The van der Waals surface area contributed by atoms with Crippen LogP contribution in [0, 0.1) is 6.92 Å². The summed E-state index contributed by atoms with van der Waals surface area (Å²) in [5.74, 6) is -2.12. The highest BCUT2D eigenvalue weighted by Crippen LogP contribution is 2.59. The van der Waals surface area contributed by atoms with Crippen LogP contribution in [-0.4, -0.2) is 50.6 Å². The molecule has 0 radical (unpaired) electrons. The monoisotopic (exact) mass is 492 g/mol. The number of nitrogens with zero attached hydrogens (tertiary/aromatic N) is 1.